The van der Waals surface area contributed by atoms with E-state index in [2.05, 4.69) is 35.2 Å². The summed E-state index contributed by atoms with van der Waals surface area (Å²) in [6, 6.07) is 4.89. The number of fused-ring (bicyclic) bond motifs is 1. The Morgan fingerprint density at radius 3 is 2.72 bits per heavy atom. The largest absolute Gasteiger partial charge is 0.355 e. The Balaban J connectivity index is 1.44. The van der Waals surface area contributed by atoms with Gasteiger partial charge >= 0.3 is 0 Å². The lowest BCUT2D eigenvalue weighted by molar-refractivity contribution is 0.0153. The standard InChI is InChI=1S/C21H25F3N8/c1-25-6-13-4-15(30-9-14(22)10-30)11-31(8-13)20-5-17(27-12-28-20)18-7-26-19-3-2-16(21(23)24)29-32(18)19/h2-3,5,7,12-15,21,25H,4,6,8-11H2,1H3. The molecular formula is C21H25F3N8. The van der Waals surface area contributed by atoms with Crippen LogP contribution in [0.15, 0.2) is 30.7 Å². The van der Waals surface area contributed by atoms with Gasteiger partial charge in [-0.25, -0.2) is 32.6 Å². The van der Waals surface area contributed by atoms with Crippen molar-refractivity contribution in [3.8, 4) is 11.4 Å². The molecule has 5 heterocycles. The predicted molar refractivity (Wildman–Crippen MR) is 113 cm³/mol. The minimum absolute atomic E-state index is 0.263. The second kappa shape index (κ2) is 8.62. The number of anilines is 1. The van der Waals surface area contributed by atoms with E-state index >= 15 is 0 Å². The number of rotatable bonds is 6. The molecule has 0 radical (unpaired) electrons. The third-order valence-electron chi connectivity index (χ3n) is 6.24. The smallest absolute Gasteiger partial charge is 0.282 e. The highest BCUT2D eigenvalue weighted by atomic mass is 19.3. The quantitative estimate of drug-likeness (QED) is 0.622. The summed E-state index contributed by atoms with van der Waals surface area (Å²) in [4.78, 5) is 17.5. The summed E-state index contributed by atoms with van der Waals surface area (Å²) in [6.45, 7) is 3.41. The fourth-order valence-corrected chi connectivity index (χ4v) is 4.65. The van der Waals surface area contributed by atoms with Crippen molar-refractivity contribution in [2.24, 2.45) is 5.92 Å². The van der Waals surface area contributed by atoms with Gasteiger partial charge in [0.05, 0.1) is 11.9 Å². The summed E-state index contributed by atoms with van der Waals surface area (Å²) in [7, 11) is 1.93. The van der Waals surface area contributed by atoms with Gasteiger partial charge in [-0.3, -0.25) is 4.90 Å². The van der Waals surface area contributed by atoms with Gasteiger partial charge < -0.3 is 10.2 Å². The van der Waals surface area contributed by atoms with E-state index in [4.69, 9.17) is 0 Å². The van der Waals surface area contributed by atoms with Crippen molar-refractivity contribution in [3.05, 3.63) is 36.4 Å². The molecule has 170 valence electrons. The number of hydrogen-bond donors (Lipinski definition) is 1. The van der Waals surface area contributed by atoms with Gasteiger partial charge in [0.15, 0.2) is 5.65 Å². The van der Waals surface area contributed by atoms with Crippen molar-refractivity contribution >= 4 is 11.5 Å². The number of alkyl halides is 3. The number of halogens is 3. The zero-order valence-electron chi connectivity index (χ0n) is 17.7. The monoisotopic (exact) mass is 446 g/mol. The molecule has 0 saturated carbocycles. The van der Waals surface area contributed by atoms with Crippen LogP contribution in [0.1, 0.15) is 18.5 Å². The van der Waals surface area contributed by atoms with Gasteiger partial charge in [-0.15, -0.1) is 0 Å². The topological polar surface area (TPSA) is 74.5 Å². The normalized spacial score (nSPS) is 22.6. The highest BCUT2D eigenvalue weighted by Crippen LogP contribution is 2.29. The Hall–Kier alpha value is -2.79. The van der Waals surface area contributed by atoms with Crippen LogP contribution >= 0.6 is 0 Å². The summed E-state index contributed by atoms with van der Waals surface area (Å²) in [6.07, 6.45) is 0.651. The second-order valence-corrected chi connectivity index (χ2v) is 8.50. The van der Waals surface area contributed by atoms with Gasteiger partial charge in [0, 0.05) is 38.3 Å². The van der Waals surface area contributed by atoms with E-state index < -0.39 is 12.6 Å². The van der Waals surface area contributed by atoms with E-state index in [0.29, 0.717) is 36.0 Å². The number of nitrogens with one attached hydrogen (secondary N) is 1. The molecule has 0 bridgehead atoms. The van der Waals surface area contributed by atoms with E-state index in [1.54, 1.807) is 6.20 Å². The number of aromatic nitrogens is 5. The number of nitrogens with zero attached hydrogens (tertiary/aromatic N) is 7. The maximum Gasteiger partial charge on any atom is 0.282 e. The Bertz CT molecular complexity index is 1080. The first-order valence-corrected chi connectivity index (χ1v) is 10.7. The molecular weight excluding hydrogens is 421 g/mol. The van der Waals surface area contributed by atoms with Crippen LogP contribution in [-0.4, -0.2) is 81.5 Å². The fourth-order valence-electron chi connectivity index (χ4n) is 4.65. The molecule has 2 unspecified atom stereocenters. The maximum absolute atomic E-state index is 13.5. The van der Waals surface area contributed by atoms with E-state index in [0.717, 1.165) is 31.9 Å². The molecule has 2 aliphatic heterocycles. The minimum atomic E-state index is -2.67. The second-order valence-electron chi connectivity index (χ2n) is 8.50. The zero-order valence-corrected chi connectivity index (χ0v) is 17.7. The third-order valence-corrected chi connectivity index (χ3v) is 6.24. The molecule has 2 aliphatic rings. The van der Waals surface area contributed by atoms with E-state index in [-0.39, 0.29) is 11.7 Å². The number of likely N-dealkylation sites (tertiary alicyclic amines) is 1. The van der Waals surface area contributed by atoms with E-state index in [1.807, 2.05) is 13.1 Å². The maximum atomic E-state index is 13.5. The van der Waals surface area contributed by atoms with Crippen molar-refractivity contribution < 1.29 is 13.2 Å². The molecule has 2 atom stereocenters. The van der Waals surface area contributed by atoms with Crippen LogP contribution in [-0.2, 0) is 0 Å². The Labute approximate surface area is 183 Å². The summed E-state index contributed by atoms with van der Waals surface area (Å²) >= 11 is 0. The van der Waals surface area contributed by atoms with Gasteiger partial charge in [-0.1, -0.05) is 0 Å². The average molecular weight is 446 g/mol. The van der Waals surface area contributed by atoms with Crippen LogP contribution in [0.3, 0.4) is 0 Å². The average Bonchev–Trinajstić information content (AvgIpc) is 3.20. The summed E-state index contributed by atoms with van der Waals surface area (Å²) in [5.74, 6) is 1.15. The Morgan fingerprint density at radius 2 is 1.97 bits per heavy atom. The zero-order chi connectivity index (χ0) is 22.2. The summed E-state index contributed by atoms with van der Waals surface area (Å²) in [5, 5.41) is 7.28. The van der Waals surface area contributed by atoms with Crippen molar-refractivity contribution in [2.75, 3.05) is 44.7 Å². The van der Waals surface area contributed by atoms with Crippen molar-refractivity contribution in [2.45, 2.75) is 25.1 Å². The lowest BCUT2D eigenvalue weighted by Gasteiger charge is -2.47. The molecule has 0 aliphatic carbocycles. The molecule has 3 aromatic heterocycles. The van der Waals surface area contributed by atoms with Crippen molar-refractivity contribution in [3.63, 3.8) is 0 Å². The van der Waals surface area contributed by atoms with E-state index in [1.165, 1.54) is 23.0 Å². The molecule has 8 nitrogen and oxygen atoms in total. The molecule has 0 amide bonds. The molecule has 2 saturated heterocycles. The molecule has 5 rings (SSSR count). The lowest BCUT2D eigenvalue weighted by Crippen LogP contribution is -2.60. The number of imidazole rings is 1. The molecule has 0 aromatic carbocycles. The molecule has 11 heteroatoms. The van der Waals surface area contributed by atoms with Crippen LogP contribution in [0.25, 0.3) is 17.0 Å². The molecule has 0 spiro atoms. The third kappa shape index (κ3) is 4.02. The predicted octanol–water partition coefficient (Wildman–Crippen LogP) is 2.19. The van der Waals surface area contributed by atoms with Gasteiger partial charge in [-0.2, -0.15) is 5.10 Å². The molecule has 3 aromatic rings. The van der Waals surface area contributed by atoms with Gasteiger partial charge in [0.1, 0.15) is 29.7 Å². The van der Waals surface area contributed by atoms with Gasteiger partial charge in [0.2, 0.25) is 0 Å². The van der Waals surface area contributed by atoms with Gasteiger partial charge in [-0.05, 0) is 38.1 Å². The summed E-state index contributed by atoms with van der Waals surface area (Å²) < 4.78 is 41.1. The number of hydrogen-bond acceptors (Lipinski definition) is 7. The van der Waals surface area contributed by atoms with Crippen LogP contribution in [0.4, 0.5) is 19.0 Å². The van der Waals surface area contributed by atoms with Crippen LogP contribution < -0.4 is 10.2 Å². The lowest BCUT2D eigenvalue weighted by atomic mass is 9.91. The highest BCUT2D eigenvalue weighted by molar-refractivity contribution is 5.62. The highest BCUT2D eigenvalue weighted by Gasteiger charge is 2.37. The van der Waals surface area contributed by atoms with E-state index in [9.17, 15) is 13.2 Å². The first kappa shape index (κ1) is 21.1. The number of piperidine rings is 1. The van der Waals surface area contributed by atoms with Crippen LogP contribution in [0.2, 0.25) is 0 Å². The Morgan fingerprint density at radius 1 is 1.12 bits per heavy atom. The summed E-state index contributed by atoms with van der Waals surface area (Å²) in [5.41, 5.74) is 1.23. The first-order chi connectivity index (χ1) is 15.5. The first-order valence-electron chi connectivity index (χ1n) is 10.7. The van der Waals surface area contributed by atoms with Crippen molar-refractivity contribution in [1.29, 1.82) is 0 Å². The molecule has 32 heavy (non-hydrogen) atoms. The van der Waals surface area contributed by atoms with Crippen LogP contribution in [0.5, 0.6) is 0 Å². The van der Waals surface area contributed by atoms with Crippen molar-refractivity contribution in [1.82, 2.24) is 34.8 Å². The molecule has 1 N–H and O–H groups in total. The minimum Gasteiger partial charge on any atom is -0.355 e. The molecule has 2 fully saturated rings. The van der Waals surface area contributed by atoms with Crippen LogP contribution in [0, 0.1) is 5.92 Å². The SMILES string of the molecule is CNCC1CC(N2CC(F)C2)CN(c2cc(-c3cnc4ccc(C(F)F)nn34)ncn2)C1. The fraction of sp³-hybridized carbons (Fsp3) is 0.524. The van der Waals surface area contributed by atoms with Gasteiger partial charge in [0.25, 0.3) is 6.43 Å². The Kier molecular flexibility index (Phi) is 5.68.